The van der Waals surface area contributed by atoms with Gasteiger partial charge in [-0.2, -0.15) is 0 Å². The monoisotopic (exact) mass is 257 g/mol. The first kappa shape index (κ1) is 9.80. The average molecular weight is 258 g/mol. The van der Waals surface area contributed by atoms with Crippen molar-refractivity contribution in [2.45, 2.75) is 13.0 Å². The lowest BCUT2D eigenvalue weighted by molar-refractivity contribution is 0.168. The number of hydrogen-bond acceptors (Lipinski definition) is 3. The minimum atomic E-state index is -0.0430. The van der Waals surface area contributed by atoms with E-state index in [1.807, 2.05) is 19.1 Å². The summed E-state index contributed by atoms with van der Waals surface area (Å²) in [6, 6.07) is 3.85. The first-order valence-corrected chi connectivity index (χ1v) is 5.33. The van der Waals surface area contributed by atoms with Crippen LogP contribution >= 0.6 is 15.9 Å². The number of nitrogens with two attached hydrogens (primary N) is 1. The lowest BCUT2D eigenvalue weighted by Gasteiger charge is -2.23. The van der Waals surface area contributed by atoms with Gasteiger partial charge in [0.2, 0.25) is 0 Å². The summed E-state index contributed by atoms with van der Waals surface area (Å²) in [4.78, 5) is 0. The second kappa shape index (κ2) is 3.79. The van der Waals surface area contributed by atoms with Crippen molar-refractivity contribution in [2.75, 3.05) is 13.2 Å². The molecule has 14 heavy (non-hydrogen) atoms. The fourth-order valence-corrected chi connectivity index (χ4v) is 1.91. The Morgan fingerprint density at radius 3 is 2.57 bits per heavy atom. The zero-order chi connectivity index (χ0) is 10.1. The van der Waals surface area contributed by atoms with E-state index in [2.05, 4.69) is 15.9 Å². The smallest absolute Gasteiger partial charge is 0.175 e. The van der Waals surface area contributed by atoms with Crippen molar-refractivity contribution in [2.24, 2.45) is 5.73 Å². The Morgan fingerprint density at radius 2 is 1.93 bits per heavy atom. The Morgan fingerprint density at radius 1 is 1.29 bits per heavy atom. The molecule has 0 bridgehead atoms. The molecule has 3 nitrogen and oxygen atoms in total. The van der Waals surface area contributed by atoms with E-state index in [0.717, 1.165) is 21.5 Å². The summed E-state index contributed by atoms with van der Waals surface area (Å²) in [5.74, 6) is 1.55. The topological polar surface area (TPSA) is 44.5 Å². The van der Waals surface area contributed by atoms with Gasteiger partial charge in [0.1, 0.15) is 13.2 Å². The van der Waals surface area contributed by atoms with Crippen LogP contribution in [0.2, 0.25) is 0 Å². The van der Waals surface area contributed by atoms with Crippen LogP contribution in [-0.4, -0.2) is 13.2 Å². The van der Waals surface area contributed by atoms with Gasteiger partial charge in [0.15, 0.2) is 11.5 Å². The van der Waals surface area contributed by atoms with Crippen molar-refractivity contribution in [3.63, 3.8) is 0 Å². The van der Waals surface area contributed by atoms with Crippen LogP contribution < -0.4 is 15.2 Å². The molecular formula is C10H12BrNO2. The summed E-state index contributed by atoms with van der Waals surface area (Å²) in [5.41, 5.74) is 6.83. The van der Waals surface area contributed by atoms with Crippen LogP contribution in [0.1, 0.15) is 18.5 Å². The molecule has 2 N–H and O–H groups in total. The summed E-state index contributed by atoms with van der Waals surface area (Å²) in [7, 11) is 0. The van der Waals surface area contributed by atoms with Crippen LogP contribution in [-0.2, 0) is 0 Å². The van der Waals surface area contributed by atoms with Crippen molar-refractivity contribution in [3.05, 3.63) is 22.2 Å². The standard InChI is InChI=1S/C10H12BrNO2/c1-6(12)7-2-3-8(11)10-9(7)13-4-5-14-10/h2-3,6H,4-5,12H2,1H3. The van der Waals surface area contributed by atoms with E-state index < -0.39 is 0 Å². The Labute approximate surface area is 91.3 Å². The van der Waals surface area contributed by atoms with Gasteiger partial charge in [-0.1, -0.05) is 6.07 Å². The normalized spacial score (nSPS) is 16.5. The molecule has 1 heterocycles. The Bertz CT molecular complexity index is 352. The Balaban J connectivity index is 2.53. The first-order valence-electron chi connectivity index (χ1n) is 4.53. The SMILES string of the molecule is CC(N)c1ccc(Br)c2c1OCCO2. The molecule has 76 valence electrons. The Kier molecular flexibility index (Phi) is 2.65. The molecule has 1 atom stereocenters. The molecular weight excluding hydrogens is 246 g/mol. The van der Waals surface area contributed by atoms with E-state index in [1.165, 1.54) is 0 Å². The van der Waals surface area contributed by atoms with Gasteiger partial charge < -0.3 is 15.2 Å². The molecule has 0 radical (unpaired) electrons. The van der Waals surface area contributed by atoms with Crippen molar-refractivity contribution < 1.29 is 9.47 Å². The minimum Gasteiger partial charge on any atom is -0.486 e. The molecule has 0 aromatic heterocycles. The zero-order valence-corrected chi connectivity index (χ0v) is 9.50. The third-order valence-corrected chi connectivity index (χ3v) is 2.79. The second-order valence-electron chi connectivity index (χ2n) is 3.28. The number of benzene rings is 1. The highest BCUT2D eigenvalue weighted by atomic mass is 79.9. The fourth-order valence-electron chi connectivity index (χ4n) is 1.48. The molecule has 0 saturated heterocycles. The summed E-state index contributed by atoms with van der Waals surface area (Å²) in [6.45, 7) is 3.11. The van der Waals surface area contributed by atoms with Crippen molar-refractivity contribution >= 4 is 15.9 Å². The molecule has 2 rings (SSSR count). The van der Waals surface area contributed by atoms with Gasteiger partial charge in [-0.05, 0) is 28.9 Å². The molecule has 1 unspecified atom stereocenters. The van der Waals surface area contributed by atoms with Gasteiger partial charge >= 0.3 is 0 Å². The highest BCUT2D eigenvalue weighted by Crippen LogP contribution is 2.41. The van der Waals surface area contributed by atoms with Gasteiger partial charge in [0, 0.05) is 11.6 Å². The molecule has 0 amide bonds. The largest absolute Gasteiger partial charge is 0.486 e. The zero-order valence-electron chi connectivity index (χ0n) is 7.92. The van der Waals surface area contributed by atoms with E-state index in [0.29, 0.717) is 13.2 Å². The minimum absolute atomic E-state index is 0.0430. The maximum absolute atomic E-state index is 5.84. The van der Waals surface area contributed by atoms with Crippen molar-refractivity contribution in [3.8, 4) is 11.5 Å². The molecule has 0 aliphatic carbocycles. The van der Waals surface area contributed by atoms with Gasteiger partial charge in [-0.15, -0.1) is 0 Å². The predicted octanol–water partition coefficient (Wildman–Crippen LogP) is 2.24. The lowest BCUT2D eigenvalue weighted by Crippen LogP contribution is -2.18. The highest BCUT2D eigenvalue weighted by molar-refractivity contribution is 9.10. The van der Waals surface area contributed by atoms with Gasteiger partial charge in [-0.3, -0.25) is 0 Å². The number of rotatable bonds is 1. The Hall–Kier alpha value is -0.740. The number of ether oxygens (including phenoxy) is 2. The van der Waals surface area contributed by atoms with Crippen molar-refractivity contribution in [1.82, 2.24) is 0 Å². The lowest BCUT2D eigenvalue weighted by atomic mass is 10.1. The van der Waals surface area contributed by atoms with Gasteiger partial charge in [0.25, 0.3) is 0 Å². The number of fused-ring (bicyclic) bond motifs is 1. The van der Waals surface area contributed by atoms with E-state index in [4.69, 9.17) is 15.2 Å². The van der Waals surface area contributed by atoms with E-state index in [1.54, 1.807) is 0 Å². The molecule has 1 aliphatic heterocycles. The van der Waals surface area contributed by atoms with Crippen LogP contribution in [0.3, 0.4) is 0 Å². The van der Waals surface area contributed by atoms with Gasteiger partial charge in [-0.25, -0.2) is 0 Å². The van der Waals surface area contributed by atoms with Crippen LogP contribution in [0, 0.1) is 0 Å². The molecule has 1 aliphatic rings. The van der Waals surface area contributed by atoms with Crippen LogP contribution in [0.4, 0.5) is 0 Å². The maximum Gasteiger partial charge on any atom is 0.175 e. The molecule has 0 saturated carbocycles. The summed E-state index contributed by atoms with van der Waals surface area (Å²) >= 11 is 3.42. The number of halogens is 1. The summed E-state index contributed by atoms with van der Waals surface area (Å²) in [5, 5.41) is 0. The summed E-state index contributed by atoms with van der Waals surface area (Å²) < 4.78 is 12.0. The average Bonchev–Trinajstić information content (AvgIpc) is 2.18. The first-order chi connectivity index (χ1) is 6.70. The molecule has 0 fully saturated rings. The third-order valence-electron chi connectivity index (χ3n) is 2.16. The number of hydrogen-bond donors (Lipinski definition) is 1. The van der Waals surface area contributed by atoms with E-state index >= 15 is 0 Å². The molecule has 0 spiro atoms. The van der Waals surface area contributed by atoms with Crippen LogP contribution in [0.15, 0.2) is 16.6 Å². The van der Waals surface area contributed by atoms with E-state index in [9.17, 15) is 0 Å². The maximum atomic E-state index is 5.84. The second-order valence-corrected chi connectivity index (χ2v) is 4.13. The molecule has 1 aromatic rings. The van der Waals surface area contributed by atoms with Crippen LogP contribution in [0.25, 0.3) is 0 Å². The fraction of sp³-hybridized carbons (Fsp3) is 0.400. The van der Waals surface area contributed by atoms with Crippen LogP contribution in [0.5, 0.6) is 11.5 Å². The van der Waals surface area contributed by atoms with E-state index in [-0.39, 0.29) is 6.04 Å². The highest BCUT2D eigenvalue weighted by Gasteiger charge is 2.20. The van der Waals surface area contributed by atoms with Gasteiger partial charge in [0.05, 0.1) is 4.47 Å². The predicted molar refractivity (Wildman–Crippen MR) is 57.7 cm³/mol. The van der Waals surface area contributed by atoms with Crippen molar-refractivity contribution in [1.29, 1.82) is 0 Å². The summed E-state index contributed by atoms with van der Waals surface area (Å²) in [6.07, 6.45) is 0. The molecule has 4 heteroatoms. The third kappa shape index (κ3) is 1.60. The molecule has 1 aromatic carbocycles. The quantitative estimate of drug-likeness (QED) is 0.840.